The SMILES string of the molecule is CCc1sc(N2CCC(N3CCC(Oc4ccc(S(C)(=O)=O)cc4F)C3=O)CC2)nc1-c1cnn(C)c1. The molecule has 0 aliphatic carbocycles. The molecule has 4 heterocycles. The summed E-state index contributed by atoms with van der Waals surface area (Å²) >= 11 is 1.71. The molecule has 0 N–H and O–H groups in total. The summed E-state index contributed by atoms with van der Waals surface area (Å²) in [5, 5.41) is 5.27. The van der Waals surface area contributed by atoms with Crippen LogP contribution in [0, 0.1) is 5.82 Å². The summed E-state index contributed by atoms with van der Waals surface area (Å²) in [6.45, 7) is 4.28. The lowest BCUT2D eigenvalue weighted by Gasteiger charge is -2.36. The summed E-state index contributed by atoms with van der Waals surface area (Å²) in [5.74, 6) is -1.04. The van der Waals surface area contributed by atoms with E-state index in [4.69, 9.17) is 9.72 Å². The van der Waals surface area contributed by atoms with Gasteiger partial charge in [0.05, 0.1) is 16.8 Å². The maximum absolute atomic E-state index is 14.5. The lowest BCUT2D eigenvalue weighted by molar-refractivity contribution is -0.135. The standard InChI is InChI=1S/C25H30FN5O4S2/c1-4-22-23(16-14-27-29(2)15-16)28-25(36-22)30-10-7-17(8-11-30)31-12-9-21(24(31)32)35-20-6-5-18(13-19(20)26)37(3,33)34/h5-6,13-15,17,21H,4,7-12H2,1-3H3. The van der Waals surface area contributed by atoms with E-state index in [1.165, 1.54) is 17.0 Å². The number of likely N-dealkylation sites (tertiary alicyclic amines) is 1. The fraction of sp³-hybridized carbons (Fsp3) is 0.480. The number of anilines is 1. The van der Waals surface area contributed by atoms with Crippen molar-refractivity contribution < 1.29 is 22.3 Å². The number of hydrogen-bond donors (Lipinski definition) is 0. The fourth-order valence-electron chi connectivity index (χ4n) is 4.96. The Kier molecular flexibility index (Phi) is 6.97. The highest BCUT2D eigenvalue weighted by molar-refractivity contribution is 7.90. The molecule has 1 amide bonds. The van der Waals surface area contributed by atoms with Crippen molar-refractivity contribution >= 4 is 32.2 Å². The van der Waals surface area contributed by atoms with Crippen molar-refractivity contribution in [2.75, 3.05) is 30.8 Å². The van der Waals surface area contributed by atoms with E-state index in [0.29, 0.717) is 13.0 Å². The van der Waals surface area contributed by atoms with E-state index in [1.807, 2.05) is 24.3 Å². The van der Waals surface area contributed by atoms with Crippen LogP contribution >= 0.6 is 11.3 Å². The highest BCUT2D eigenvalue weighted by atomic mass is 32.2. The second kappa shape index (κ2) is 10.1. The zero-order chi connectivity index (χ0) is 26.3. The third-order valence-corrected chi connectivity index (χ3v) is 9.32. The molecule has 2 saturated heterocycles. The van der Waals surface area contributed by atoms with Gasteiger partial charge in [0.15, 0.2) is 32.6 Å². The summed E-state index contributed by atoms with van der Waals surface area (Å²) in [7, 11) is -1.63. The Hall–Kier alpha value is -2.99. The second-order valence-electron chi connectivity index (χ2n) is 9.53. The Labute approximate surface area is 219 Å². The van der Waals surface area contributed by atoms with Gasteiger partial charge < -0.3 is 14.5 Å². The monoisotopic (exact) mass is 547 g/mol. The fourth-order valence-corrected chi connectivity index (χ4v) is 6.67. The molecule has 37 heavy (non-hydrogen) atoms. The van der Waals surface area contributed by atoms with Crippen molar-refractivity contribution in [1.29, 1.82) is 0 Å². The summed E-state index contributed by atoms with van der Waals surface area (Å²) in [6, 6.07) is 3.60. The molecule has 198 valence electrons. The van der Waals surface area contributed by atoms with E-state index in [0.717, 1.165) is 61.1 Å². The van der Waals surface area contributed by atoms with Crippen LogP contribution in [0.1, 0.15) is 31.1 Å². The lowest BCUT2D eigenvalue weighted by atomic mass is 10.0. The first-order chi connectivity index (χ1) is 17.6. The Morgan fingerprint density at radius 1 is 1.19 bits per heavy atom. The first kappa shape index (κ1) is 25.7. The summed E-state index contributed by atoms with van der Waals surface area (Å²) in [6.07, 6.45) is 7.07. The smallest absolute Gasteiger partial charge is 0.263 e. The number of sulfone groups is 1. The predicted octanol–water partition coefficient (Wildman–Crippen LogP) is 3.30. The normalized spacial score (nSPS) is 19.1. The van der Waals surface area contributed by atoms with Crippen LogP contribution in [0.4, 0.5) is 9.52 Å². The van der Waals surface area contributed by atoms with Crippen LogP contribution in [0.3, 0.4) is 0 Å². The van der Waals surface area contributed by atoms with Gasteiger partial charge in [-0.15, -0.1) is 11.3 Å². The van der Waals surface area contributed by atoms with Crippen molar-refractivity contribution in [1.82, 2.24) is 19.7 Å². The third kappa shape index (κ3) is 5.22. The molecule has 3 aromatic rings. The topological polar surface area (TPSA) is 97.6 Å². The van der Waals surface area contributed by atoms with Crippen molar-refractivity contribution in [2.24, 2.45) is 7.05 Å². The Morgan fingerprint density at radius 3 is 2.57 bits per heavy atom. The molecule has 5 rings (SSSR count). The number of benzene rings is 1. The van der Waals surface area contributed by atoms with Gasteiger partial charge in [0.25, 0.3) is 5.91 Å². The number of nitrogens with zero attached hydrogens (tertiary/aromatic N) is 5. The summed E-state index contributed by atoms with van der Waals surface area (Å²) in [4.78, 5) is 23.3. The molecule has 0 saturated carbocycles. The maximum atomic E-state index is 14.5. The first-order valence-corrected chi connectivity index (χ1v) is 15.0. The number of carbonyl (C=O) groups excluding carboxylic acids is 1. The van der Waals surface area contributed by atoms with Gasteiger partial charge in [-0.25, -0.2) is 17.8 Å². The minimum atomic E-state index is -3.53. The average molecular weight is 548 g/mol. The maximum Gasteiger partial charge on any atom is 0.263 e. The Bertz CT molecular complexity index is 1410. The van der Waals surface area contributed by atoms with Crippen LogP contribution in [0.15, 0.2) is 35.5 Å². The average Bonchev–Trinajstić information content (AvgIpc) is 3.58. The second-order valence-corrected chi connectivity index (χ2v) is 12.6. The number of piperidine rings is 1. The number of ether oxygens (including phenoxy) is 1. The molecule has 0 bridgehead atoms. The summed E-state index contributed by atoms with van der Waals surface area (Å²) < 4.78 is 45.2. The zero-order valence-corrected chi connectivity index (χ0v) is 22.7. The molecule has 2 aliphatic rings. The molecule has 2 fully saturated rings. The Morgan fingerprint density at radius 2 is 1.95 bits per heavy atom. The Balaban J connectivity index is 1.20. The van der Waals surface area contributed by atoms with Gasteiger partial charge in [-0.2, -0.15) is 5.10 Å². The molecule has 2 aromatic heterocycles. The van der Waals surface area contributed by atoms with Gasteiger partial charge in [0.2, 0.25) is 0 Å². The van der Waals surface area contributed by atoms with Crippen LogP contribution < -0.4 is 9.64 Å². The van der Waals surface area contributed by atoms with E-state index in [2.05, 4.69) is 16.9 Å². The van der Waals surface area contributed by atoms with Gasteiger partial charge in [0, 0.05) is 62.0 Å². The molecule has 2 aliphatic heterocycles. The van der Waals surface area contributed by atoms with Gasteiger partial charge in [-0.1, -0.05) is 6.92 Å². The third-order valence-electron chi connectivity index (χ3n) is 6.95. The molecule has 1 unspecified atom stereocenters. The van der Waals surface area contributed by atoms with Crippen molar-refractivity contribution in [3.05, 3.63) is 41.3 Å². The van der Waals surface area contributed by atoms with Crippen molar-refractivity contribution in [2.45, 2.75) is 49.6 Å². The van der Waals surface area contributed by atoms with Crippen LogP contribution in [0.5, 0.6) is 5.75 Å². The van der Waals surface area contributed by atoms with E-state index in [9.17, 15) is 17.6 Å². The van der Waals surface area contributed by atoms with Gasteiger partial charge in [0.1, 0.15) is 0 Å². The molecular weight excluding hydrogens is 517 g/mol. The van der Waals surface area contributed by atoms with Crippen LogP contribution in [-0.2, 0) is 28.1 Å². The molecule has 0 spiro atoms. The van der Waals surface area contributed by atoms with Gasteiger partial charge >= 0.3 is 0 Å². The molecule has 1 atom stereocenters. The van der Waals surface area contributed by atoms with E-state index in [1.54, 1.807) is 16.0 Å². The first-order valence-electron chi connectivity index (χ1n) is 12.3. The molecule has 0 radical (unpaired) electrons. The minimum absolute atomic E-state index is 0.0956. The van der Waals surface area contributed by atoms with Gasteiger partial charge in [-0.05, 0) is 37.5 Å². The van der Waals surface area contributed by atoms with Crippen molar-refractivity contribution in [3.63, 3.8) is 0 Å². The van der Waals surface area contributed by atoms with Crippen molar-refractivity contribution in [3.8, 4) is 17.0 Å². The molecule has 12 heteroatoms. The molecular formula is C25H30FN5O4S2. The van der Waals surface area contributed by atoms with E-state index < -0.39 is 21.8 Å². The van der Waals surface area contributed by atoms with E-state index in [-0.39, 0.29) is 22.6 Å². The number of amides is 1. The number of thiazole rings is 1. The van der Waals surface area contributed by atoms with Crippen LogP contribution in [-0.4, -0.2) is 72.0 Å². The lowest BCUT2D eigenvalue weighted by Crippen LogP contribution is -2.47. The largest absolute Gasteiger partial charge is 0.477 e. The highest BCUT2D eigenvalue weighted by Gasteiger charge is 2.39. The molecule has 9 nitrogen and oxygen atoms in total. The predicted molar refractivity (Wildman–Crippen MR) is 139 cm³/mol. The van der Waals surface area contributed by atoms with Gasteiger partial charge in [-0.3, -0.25) is 9.48 Å². The number of halogens is 1. The number of aromatic nitrogens is 3. The van der Waals surface area contributed by atoms with Crippen LogP contribution in [0.2, 0.25) is 0 Å². The number of rotatable bonds is 7. The summed E-state index contributed by atoms with van der Waals surface area (Å²) in [5.41, 5.74) is 2.01. The van der Waals surface area contributed by atoms with Crippen LogP contribution in [0.25, 0.3) is 11.3 Å². The number of aryl methyl sites for hydroxylation is 2. The molecule has 1 aromatic carbocycles. The van der Waals surface area contributed by atoms with E-state index >= 15 is 0 Å². The number of carbonyl (C=O) groups is 1. The minimum Gasteiger partial charge on any atom is -0.477 e. The quantitative estimate of drug-likeness (QED) is 0.448. The number of hydrogen-bond acceptors (Lipinski definition) is 8. The zero-order valence-electron chi connectivity index (χ0n) is 21.1. The highest BCUT2D eigenvalue weighted by Crippen LogP contribution is 2.35.